The molecule has 0 fully saturated rings. The first-order valence-corrected chi connectivity index (χ1v) is 8.84. The van der Waals surface area contributed by atoms with Gasteiger partial charge in [0.1, 0.15) is 17.3 Å². The van der Waals surface area contributed by atoms with Crippen LogP contribution in [0, 0.1) is 0 Å². The van der Waals surface area contributed by atoms with Crippen LogP contribution in [-0.2, 0) is 0 Å². The predicted molar refractivity (Wildman–Crippen MR) is 104 cm³/mol. The Labute approximate surface area is 154 Å². The number of rotatable bonds is 6. The lowest BCUT2D eigenvalue weighted by molar-refractivity contribution is 0.100. The minimum absolute atomic E-state index is 0.0341. The van der Waals surface area contributed by atoms with Crippen LogP contribution < -0.4 is 14.4 Å². The number of hydrogen-bond acceptors (Lipinski definition) is 5. The molecule has 2 aromatic rings. The molecule has 0 aromatic heterocycles. The maximum absolute atomic E-state index is 12.9. The second kappa shape index (κ2) is 8.52. The lowest BCUT2D eigenvalue weighted by Crippen LogP contribution is -2.37. The molecule has 0 atom stereocenters. The molecule has 0 amide bonds. The zero-order chi connectivity index (χ0) is 18.4. The van der Waals surface area contributed by atoms with Crippen LogP contribution in [0.1, 0.15) is 29.6 Å². The van der Waals surface area contributed by atoms with Gasteiger partial charge in [-0.3, -0.25) is 9.79 Å². The number of amidine groups is 1. The molecule has 136 valence electrons. The normalized spacial score (nSPS) is 13.7. The first-order valence-electron chi connectivity index (χ1n) is 8.84. The standard InChI is InChI=1S/C21H24N2O3/c1-25-17-12-10-16(11-13-17)19(24)15-23(21-9-5-6-14-22-21)18-7-3-4-8-20(18)26-2/h3-4,7-8,10-13H,5-6,9,14-15H2,1-2H3. The van der Waals surface area contributed by atoms with E-state index in [9.17, 15) is 4.79 Å². The molecule has 0 unspecified atom stereocenters. The molecular weight excluding hydrogens is 328 g/mol. The molecule has 1 aliphatic heterocycles. The van der Waals surface area contributed by atoms with Gasteiger partial charge in [0.25, 0.3) is 0 Å². The van der Waals surface area contributed by atoms with Gasteiger partial charge in [0.15, 0.2) is 5.78 Å². The molecule has 0 saturated heterocycles. The van der Waals surface area contributed by atoms with E-state index in [4.69, 9.17) is 9.47 Å². The van der Waals surface area contributed by atoms with E-state index < -0.39 is 0 Å². The number of para-hydroxylation sites is 2. The minimum Gasteiger partial charge on any atom is -0.497 e. The third-order valence-electron chi connectivity index (χ3n) is 4.50. The lowest BCUT2D eigenvalue weighted by atomic mass is 10.1. The number of ketones is 1. The summed E-state index contributed by atoms with van der Waals surface area (Å²) in [5, 5.41) is 0. The van der Waals surface area contributed by atoms with Gasteiger partial charge in [-0.25, -0.2) is 0 Å². The first kappa shape index (κ1) is 18.0. The monoisotopic (exact) mass is 352 g/mol. The average molecular weight is 352 g/mol. The van der Waals surface area contributed by atoms with Gasteiger partial charge >= 0.3 is 0 Å². The van der Waals surface area contributed by atoms with E-state index in [0.717, 1.165) is 48.8 Å². The number of benzene rings is 2. The van der Waals surface area contributed by atoms with Crippen molar-refractivity contribution in [2.75, 3.05) is 32.2 Å². The van der Waals surface area contributed by atoms with Crippen molar-refractivity contribution < 1.29 is 14.3 Å². The van der Waals surface area contributed by atoms with Crippen molar-refractivity contribution in [1.82, 2.24) is 0 Å². The van der Waals surface area contributed by atoms with Gasteiger partial charge in [0.2, 0.25) is 0 Å². The Morgan fingerprint density at radius 2 is 1.81 bits per heavy atom. The SMILES string of the molecule is COc1ccc(C(=O)CN(C2=NCCCC2)c2ccccc2OC)cc1. The maximum Gasteiger partial charge on any atom is 0.182 e. The molecule has 0 aliphatic carbocycles. The smallest absolute Gasteiger partial charge is 0.182 e. The van der Waals surface area contributed by atoms with Crippen LogP contribution in [0.2, 0.25) is 0 Å². The van der Waals surface area contributed by atoms with Crippen LogP contribution in [0.25, 0.3) is 0 Å². The van der Waals surface area contributed by atoms with E-state index in [1.165, 1.54) is 0 Å². The quantitative estimate of drug-likeness (QED) is 0.738. The number of carbonyl (C=O) groups excluding carboxylic acids is 1. The number of aliphatic imine (C=N–C) groups is 1. The van der Waals surface area contributed by atoms with Gasteiger partial charge in [-0.1, -0.05) is 12.1 Å². The summed E-state index contributed by atoms with van der Waals surface area (Å²) in [6.45, 7) is 1.03. The third kappa shape index (κ3) is 4.04. The summed E-state index contributed by atoms with van der Waals surface area (Å²) in [7, 11) is 3.26. The second-order valence-corrected chi connectivity index (χ2v) is 6.16. The molecule has 5 nitrogen and oxygen atoms in total. The molecule has 5 heteroatoms. The van der Waals surface area contributed by atoms with E-state index >= 15 is 0 Å². The third-order valence-corrected chi connectivity index (χ3v) is 4.50. The fourth-order valence-electron chi connectivity index (χ4n) is 3.08. The van der Waals surface area contributed by atoms with Crippen molar-refractivity contribution in [3.63, 3.8) is 0 Å². The molecule has 0 N–H and O–H groups in total. The zero-order valence-electron chi connectivity index (χ0n) is 15.3. The fourth-order valence-corrected chi connectivity index (χ4v) is 3.08. The molecule has 26 heavy (non-hydrogen) atoms. The zero-order valence-corrected chi connectivity index (χ0v) is 15.3. The van der Waals surface area contributed by atoms with Gasteiger partial charge in [0, 0.05) is 18.5 Å². The summed E-state index contributed by atoms with van der Waals surface area (Å²) in [4.78, 5) is 19.6. The Bertz CT molecular complexity index is 784. The highest BCUT2D eigenvalue weighted by molar-refractivity contribution is 6.08. The molecule has 2 aromatic carbocycles. The van der Waals surface area contributed by atoms with Crippen molar-refractivity contribution in [1.29, 1.82) is 0 Å². The van der Waals surface area contributed by atoms with Crippen molar-refractivity contribution in [3.05, 3.63) is 54.1 Å². The number of Topliss-reactive ketones (excluding diaryl/α,β-unsaturated/α-hetero) is 1. The average Bonchev–Trinajstić information content (AvgIpc) is 2.72. The highest BCUT2D eigenvalue weighted by Crippen LogP contribution is 2.30. The summed E-state index contributed by atoms with van der Waals surface area (Å²) in [6, 6.07) is 15.0. The highest BCUT2D eigenvalue weighted by atomic mass is 16.5. The molecule has 3 rings (SSSR count). The van der Waals surface area contributed by atoms with Crippen LogP contribution >= 0.6 is 0 Å². The van der Waals surface area contributed by atoms with Crippen LogP contribution in [-0.4, -0.2) is 38.9 Å². The van der Waals surface area contributed by atoms with E-state index in [2.05, 4.69) is 4.99 Å². The van der Waals surface area contributed by atoms with Crippen molar-refractivity contribution >= 4 is 17.3 Å². The summed E-state index contributed by atoms with van der Waals surface area (Å²) in [5.74, 6) is 2.46. The Kier molecular flexibility index (Phi) is 5.89. The largest absolute Gasteiger partial charge is 0.497 e. The lowest BCUT2D eigenvalue weighted by Gasteiger charge is -2.29. The number of carbonyl (C=O) groups is 1. The van der Waals surface area contributed by atoms with Crippen molar-refractivity contribution in [3.8, 4) is 11.5 Å². The van der Waals surface area contributed by atoms with Crippen molar-refractivity contribution in [2.45, 2.75) is 19.3 Å². The summed E-state index contributed by atoms with van der Waals surface area (Å²) in [6.07, 6.45) is 3.05. The van der Waals surface area contributed by atoms with Gasteiger partial charge in [0.05, 0.1) is 26.5 Å². The van der Waals surface area contributed by atoms with Gasteiger partial charge in [-0.2, -0.15) is 0 Å². The molecule has 0 radical (unpaired) electrons. The number of hydrogen-bond donors (Lipinski definition) is 0. The molecule has 0 saturated carbocycles. The number of nitrogens with zero attached hydrogens (tertiary/aromatic N) is 2. The Morgan fingerprint density at radius 3 is 2.46 bits per heavy atom. The topological polar surface area (TPSA) is 51.1 Å². The van der Waals surface area contributed by atoms with E-state index in [1.54, 1.807) is 38.5 Å². The van der Waals surface area contributed by atoms with Crippen LogP contribution in [0.5, 0.6) is 11.5 Å². The van der Waals surface area contributed by atoms with E-state index in [1.807, 2.05) is 29.2 Å². The Hall–Kier alpha value is -2.82. The maximum atomic E-state index is 12.9. The highest BCUT2D eigenvalue weighted by Gasteiger charge is 2.22. The molecule has 0 bridgehead atoms. The summed E-state index contributed by atoms with van der Waals surface area (Å²) in [5.41, 5.74) is 1.53. The molecular formula is C21H24N2O3. The molecule has 0 spiro atoms. The number of ether oxygens (including phenoxy) is 2. The van der Waals surface area contributed by atoms with Gasteiger partial charge in [-0.15, -0.1) is 0 Å². The summed E-state index contributed by atoms with van der Waals surface area (Å²) < 4.78 is 10.7. The summed E-state index contributed by atoms with van der Waals surface area (Å²) >= 11 is 0. The van der Waals surface area contributed by atoms with E-state index in [-0.39, 0.29) is 12.3 Å². The van der Waals surface area contributed by atoms with Gasteiger partial charge < -0.3 is 14.4 Å². The van der Waals surface area contributed by atoms with Crippen molar-refractivity contribution in [2.24, 2.45) is 4.99 Å². The van der Waals surface area contributed by atoms with Crippen LogP contribution in [0.4, 0.5) is 5.69 Å². The first-order chi connectivity index (χ1) is 12.7. The Balaban J connectivity index is 1.90. The number of anilines is 1. The molecule has 1 aliphatic rings. The minimum atomic E-state index is 0.0341. The van der Waals surface area contributed by atoms with Crippen LogP contribution in [0.3, 0.4) is 0 Å². The van der Waals surface area contributed by atoms with E-state index in [0.29, 0.717) is 5.56 Å². The van der Waals surface area contributed by atoms with Crippen LogP contribution in [0.15, 0.2) is 53.5 Å². The number of methoxy groups -OCH3 is 2. The predicted octanol–water partition coefficient (Wildman–Crippen LogP) is 3.98. The molecule has 1 heterocycles. The van der Waals surface area contributed by atoms with Gasteiger partial charge in [-0.05, 0) is 49.2 Å². The Morgan fingerprint density at radius 1 is 1.04 bits per heavy atom. The second-order valence-electron chi connectivity index (χ2n) is 6.16. The fraction of sp³-hybridized carbons (Fsp3) is 0.333.